The van der Waals surface area contributed by atoms with Gasteiger partial charge in [-0.3, -0.25) is 0 Å². The van der Waals surface area contributed by atoms with Gasteiger partial charge in [-0.05, 0) is 40.0 Å². The highest BCUT2D eigenvalue weighted by molar-refractivity contribution is 5.27. The topological polar surface area (TPSA) is 0 Å². The van der Waals surface area contributed by atoms with E-state index in [1.165, 1.54) is 16.7 Å². The zero-order valence-corrected chi connectivity index (χ0v) is 10.2. The minimum absolute atomic E-state index is 0.490. The van der Waals surface area contributed by atoms with Gasteiger partial charge in [0.15, 0.2) is 0 Å². The summed E-state index contributed by atoms with van der Waals surface area (Å²) in [6, 6.07) is 0. The minimum Gasteiger partial charge on any atom is -0.0989 e. The molecule has 0 unspecified atom stereocenters. The second-order valence-electron chi connectivity index (χ2n) is 4.57. The van der Waals surface area contributed by atoms with E-state index in [1.54, 1.807) is 0 Å². The highest BCUT2D eigenvalue weighted by atomic mass is 14.2. The maximum absolute atomic E-state index is 4.15. The molecule has 0 fully saturated rings. The van der Waals surface area contributed by atoms with Crippen LogP contribution in [-0.2, 0) is 0 Å². The number of hydrogen-bond donors (Lipinski definition) is 0. The fourth-order valence-electron chi connectivity index (χ4n) is 1.87. The third kappa shape index (κ3) is 3.91. The molecule has 0 heterocycles. The van der Waals surface area contributed by atoms with E-state index in [2.05, 4.69) is 51.7 Å². The molecule has 0 saturated carbocycles. The van der Waals surface area contributed by atoms with Crippen molar-refractivity contribution >= 4 is 0 Å². The largest absolute Gasteiger partial charge is 0.0989 e. The van der Waals surface area contributed by atoms with Crippen molar-refractivity contribution in [1.29, 1.82) is 0 Å². The van der Waals surface area contributed by atoms with Crippen LogP contribution in [0.15, 0.2) is 47.6 Å². The first-order valence-corrected chi connectivity index (χ1v) is 5.75. The SMILES string of the molecule is C=C1CCC=C[C@@H]1/C(C)=C/CC=C(C)C. The lowest BCUT2D eigenvalue weighted by molar-refractivity contribution is 0.768. The number of allylic oxidation sites excluding steroid dienone is 7. The van der Waals surface area contributed by atoms with Gasteiger partial charge in [0.1, 0.15) is 0 Å². The van der Waals surface area contributed by atoms with Crippen molar-refractivity contribution in [3.8, 4) is 0 Å². The summed E-state index contributed by atoms with van der Waals surface area (Å²) in [4.78, 5) is 0. The molecule has 0 aromatic rings. The predicted octanol–water partition coefficient (Wildman–Crippen LogP) is 4.81. The van der Waals surface area contributed by atoms with Crippen molar-refractivity contribution in [3.63, 3.8) is 0 Å². The molecule has 0 amide bonds. The Bertz CT molecular complexity index is 309. The van der Waals surface area contributed by atoms with Crippen molar-refractivity contribution < 1.29 is 0 Å². The number of rotatable bonds is 3. The van der Waals surface area contributed by atoms with E-state index in [-0.39, 0.29) is 0 Å². The van der Waals surface area contributed by atoms with Gasteiger partial charge in [0.2, 0.25) is 0 Å². The average molecular weight is 202 g/mol. The fourth-order valence-corrected chi connectivity index (χ4v) is 1.87. The molecule has 0 aromatic heterocycles. The first-order chi connectivity index (χ1) is 7.11. The first-order valence-electron chi connectivity index (χ1n) is 5.75. The highest BCUT2D eigenvalue weighted by Crippen LogP contribution is 2.28. The van der Waals surface area contributed by atoms with Crippen LogP contribution in [0.1, 0.15) is 40.0 Å². The minimum atomic E-state index is 0.490. The summed E-state index contributed by atoms with van der Waals surface area (Å²) in [6.45, 7) is 10.6. The molecule has 0 spiro atoms. The van der Waals surface area contributed by atoms with E-state index in [1.807, 2.05) is 0 Å². The zero-order valence-electron chi connectivity index (χ0n) is 10.2. The Morgan fingerprint density at radius 3 is 2.73 bits per heavy atom. The van der Waals surface area contributed by atoms with Gasteiger partial charge in [-0.2, -0.15) is 0 Å². The van der Waals surface area contributed by atoms with Crippen molar-refractivity contribution in [2.45, 2.75) is 40.0 Å². The molecule has 1 aliphatic carbocycles. The fraction of sp³-hybridized carbons (Fsp3) is 0.467. The highest BCUT2D eigenvalue weighted by Gasteiger charge is 2.13. The Morgan fingerprint density at radius 1 is 1.40 bits per heavy atom. The average Bonchev–Trinajstić information content (AvgIpc) is 2.17. The van der Waals surface area contributed by atoms with Crippen molar-refractivity contribution in [1.82, 2.24) is 0 Å². The molecular formula is C15H22. The van der Waals surface area contributed by atoms with Crippen LogP contribution in [0.4, 0.5) is 0 Å². The molecule has 1 atom stereocenters. The Kier molecular flexibility index (Phi) is 4.61. The van der Waals surface area contributed by atoms with Crippen LogP contribution < -0.4 is 0 Å². The van der Waals surface area contributed by atoms with Crippen molar-refractivity contribution in [2.75, 3.05) is 0 Å². The van der Waals surface area contributed by atoms with Gasteiger partial charge in [0, 0.05) is 5.92 Å². The Balaban J connectivity index is 2.62. The molecule has 0 saturated heterocycles. The van der Waals surface area contributed by atoms with Crippen LogP contribution in [0, 0.1) is 5.92 Å². The molecule has 1 rings (SSSR count). The Morgan fingerprint density at radius 2 is 2.13 bits per heavy atom. The predicted molar refractivity (Wildman–Crippen MR) is 68.8 cm³/mol. The molecule has 15 heavy (non-hydrogen) atoms. The summed E-state index contributed by atoms with van der Waals surface area (Å²) in [5.74, 6) is 0.490. The third-order valence-corrected chi connectivity index (χ3v) is 2.86. The van der Waals surface area contributed by atoms with Gasteiger partial charge in [-0.15, -0.1) is 0 Å². The monoisotopic (exact) mass is 202 g/mol. The molecule has 0 aliphatic heterocycles. The molecule has 0 nitrogen and oxygen atoms in total. The smallest absolute Gasteiger partial charge is 0.0181 e. The summed E-state index contributed by atoms with van der Waals surface area (Å²) in [5.41, 5.74) is 4.19. The zero-order chi connectivity index (χ0) is 11.3. The summed E-state index contributed by atoms with van der Waals surface area (Å²) >= 11 is 0. The second-order valence-corrected chi connectivity index (χ2v) is 4.57. The van der Waals surface area contributed by atoms with Crippen LogP contribution in [0.25, 0.3) is 0 Å². The van der Waals surface area contributed by atoms with Gasteiger partial charge in [-0.25, -0.2) is 0 Å². The van der Waals surface area contributed by atoms with E-state index in [0.717, 1.165) is 19.3 Å². The van der Waals surface area contributed by atoms with Crippen LogP contribution in [0.5, 0.6) is 0 Å². The molecule has 82 valence electrons. The van der Waals surface area contributed by atoms with E-state index >= 15 is 0 Å². The maximum Gasteiger partial charge on any atom is 0.0181 e. The van der Waals surface area contributed by atoms with Crippen molar-refractivity contribution in [3.05, 3.63) is 47.6 Å². The summed E-state index contributed by atoms with van der Waals surface area (Å²) < 4.78 is 0. The van der Waals surface area contributed by atoms with E-state index in [9.17, 15) is 0 Å². The lowest BCUT2D eigenvalue weighted by atomic mass is 9.85. The molecule has 0 heteroatoms. The van der Waals surface area contributed by atoms with Crippen LogP contribution in [-0.4, -0.2) is 0 Å². The molecule has 0 radical (unpaired) electrons. The third-order valence-electron chi connectivity index (χ3n) is 2.86. The Labute approximate surface area is 94.1 Å². The van der Waals surface area contributed by atoms with Gasteiger partial charge in [0.05, 0.1) is 0 Å². The van der Waals surface area contributed by atoms with Crippen molar-refractivity contribution in [2.24, 2.45) is 5.92 Å². The Hall–Kier alpha value is -1.04. The van der Waals surface area contributed by atoms with Gasteiger partial charge < -0.3 is 0 Å². The molecule has 0 aromatic carbocycles. The van der Waals surface area contributed by atoms with Gasteiger partial charge in [0.25, 0.3) is 0 Å². The van der Waals surface area contributed by atoms with Crippen LogP contribution >= 0.6 is 0 Å². The van der Waals surface area contributed by atoms with Gasteiger partial charge >= 0.3 is 0 Å². The lowest BCUT2D eigenvalue weighted by Gasteiger charge is -2.20. The summed E-state index contributed by atoms with van der Waals surface area (Å²) in [7, 11) is 0. The molecule has 0 N–H and O–H groups in total. The molecule has 1 aliphatic rings. The molecule has 0 bridgehead atoms. The molecular weight excluding hydrogens is 180 g/mol. The number of hydrogen-bond acceptors (Lipinski definition) is 0. The lowest BCUT2D eigenvalue weighted by Crippen LogP contribution is -2.05. The summed E-state index contributed by atoms with van der Waals surface area (Å²) in [5, 5.41) is 0. The normalized spacial score (nSPS) is 21.7. The van der Waals surface area contributed by atoms with E-state index in [4.69, 9.17) is 0 Å². The second kappa shape index (κ2) is 5.75. The standard InChI is InChI=1S/C15H22/c1-12(2)8-7-10-14(4)15-11-6-5-9-13(15)3/h6,8,10-11,15H,3,5,7,9H2,1-2,4H3/b14-10+/t15-/m0/s1. The van der Waals surface area contributed by atoms with E-state index < -0.39 is 0 Å². The van der Waals surface area contributed by atoms with Crippen LogP contribution in [0.3, 0.4) is 0 Å². The van der Waals surface area contributed by atoms with Crippen LogP contribution in [0.2, 0.25) is 0 Å². The summed E-state index contributed by atoms with van der Waals surface area (Å²) in [6.07, 6.45) is 12.5. The maximum atomic E-state index is 4.15. The van der Waals surface area contributed by atoms with Gasteiger partial charge in [-0.1, -0.05) is 47.6 Å². The quantitative estimate of drug-likeness (QED) is 0.576. The van der Waals surface area contributed by atoms with E-state index in [0.29, 0.717) is 5.92 Å². The first kappa shape index (κ1) is 12.0.